The molecule has 7 aromatic rings. The van der Waals surface area contributed by atoms with Crippen LogP contribution in [-0.4, -0.2) is 4.98 Å². The van der Waals surface area contributed by atoms with Gasteiger partial charge >= 0.3 is 0 Å². The fourth-order valence-corrected chi connectivity index (χ4v) is 6.98. The third-order valence-corrected chi connectivity index (χ3v) is 9.15. The fraction of sp³-hybridized carbons (Fsp3) is 0. The van der Waals surface area contributed by atoms with E-state index >= 15 is 0 Å². The van der Waals surface area contributed by atoms with Crippen molar-refractivity contribution in [3.63, 3.8) is 0 Å². The number of hydrogen-bond acceptors (Lipinski definition) is 3. The van der Waals surface area contributed by atoms with Gasteiger partial charge in [-0.1, -0.05) is 127 Å². The van der Waals surface area contributed by atoms with Gasteiger partial charge in [-0.2, -0.15) is 0 Å². The molecule has 8 rings (SSSR count). The fourth-order valence-electron chi connectivity index (χ4n) is 5.88. The molecule has 44 heavy (non-hydrogen) atoms. The van der Waals surface area contributed by atoms with Crippen LogP contribution in [0.25, 0.3) is 44.8 Å². The highest BCUT2D eigenvalue weighted by Gasteiger charge is 2.25. The Morgan fingerprint density at radius 2 is 0.932 bits per heavy atom. The molecular weight excluding hydrogens is 553 g/mol. The molecule has 0 amide bonds. The molecule has 208 valence electrons. The van der Waals surface area contributed by atoms with E-state index in [0.29, 0.717) is 0 Å². The van der Waals surface area contributed by atoms with Crippen molar-refractivity contribution < 1.29 is 0 Å². The van der Waals surface area contributed by atoms with Crippen LogP contribution in [0.2, 0.25) is 0 Å². The summed E-state index contributed by atoms with van der Waals surface area (Å²) in [6.07, 6.45) is 0. The van der Waals surface area contributed by atoms with E-state index in [0.717, 1.165) is 33.8 Å². The summed E-state index contributed by atoms with van der Waals surface area (Å²) in [5, 5.41) is 0. The Labute approximate surface area is 262 Å². The first-order chi connectivity index (χ1) is 21.8. The van der Waals surface area contributed by atoms with Crippen LogP contribution in [0.4, 0.5) is 17.1 Å². The Morgan fingerprint density at radius 1 is 0.364 bits per heavy atom. The van der Waals surface area contributed by atoms with Crippen LogP contribution in [0, 0.1) is 0 Å². The van der Waals surface area contributed by atoms with Crippen LogP contribution in [-0.2, 0) is 0 Å². The van der Waals surface area contributed by atoms with E-state index < -0.39 is 0 Å². The number of nitrogens with zero attached hydrogens (tertiary/aromatic N) is 2. The summed E-state index contributed by atoms with van der Waals surface area (Å²) in [5.74, 6) is 0. The maximum atomic E-state index is 5.16. The third-order valence-electron chi connectivity index (χ3n) is 8.03. The zero-order chi connectivity index (χ0) is 29.3. The predicted molar refractivity (Wildman–Crippen MR) is 185 cm³/mol. The van der Waals surface area contributed by atoms with Gasteiger partial charge in [-0.3, -0.25) is 0 Å². The van der Waals surface area contributed by atoms with Gasteiger partial charge < -0.3 is 4.90 Å². The van der Waals surface area contributed by atoms with E-state index in [1.165, 1.54) is 37.9 Å². The van der Waals surface area contributed by atoms with Gasteiger partial charge in [0.1, 0.15) is 0 Å². The van der Waals surface area contributed by atoms with Crippen molar-refractivity contribution in [1.29, 1.82) is 0 Å². The van der Waals surface area contributed by atoms with Crippen LogP contribution >= 0.6 is 11.8 Å². The van der Waals surface area contributed by atoms with E-state index in [2.05, 4.69) is 169 Å². The summed E-state index contributed by atoms with van der Waals surface area (Å²) in [6.45, 7) is 0. The molecule has 2 heterocycles. The highest BCUT2D eigenvalue weighted by molar-refractivity contribution is 7.99. The number of fused-ring (bicyclic) bond motifs is 2. The van der Waals surface area contributed by atoms with Crippen LogP contribution in [0.15, 0.2) is 180 Å². The lowest BCUT2D eigenvalue weighted by Crippen LogP contribution is -2.14. The first-order valence-electron chi connectivity index (χ1n) is 14.8. The minimum absolute atomic E-state index is 0.962. The maximum Gasteiger partial charge on any atom is 0.0715 e. The molecule has 0 saturated heterocycles. The van der Waals surface area contributed by atoms with E-state index in [9.17, 15) is 0 Å². The van der Waals surface area contributed by atoms with Gasteiger partial charge in [-0.05, 0) is 76.9 Å². The van der Waals surface area contributed by atoms with E-state index in [1.807, 2.05) is 17.8 Å². The van der Waals surface area contributed by atoms with Gasteiger partial charge in [0, 0.05) is 26.6 Å². The molecule has 0 atom stereocenters. The molecule has 0 spiro atoms. The standard InChI is InChI=1S/C41H28N2S/c1-4-13-29(14-5-1)34-26-36(30-15-6-2-7-16-30)42-37(27-34)33-18-12-17-31(25-33)32-23-24-39-41(28-32)44-40-22-11-10-21-38(40)43(39)35-19-8-3-9-20-35/h1-28H. The quantitative estimate of drug-likeness (QED) is 0.201. The molecule has 1 aliphatic heterocycles. The van der Waals surface area contributed by atoms with Crippen molar-refractivity contribution in [3.8, 4) is 44.8 Å². The molecule has 3 heteroatoms. The molecule has 0 aliphatic carbocycles. The van der Waals surface area contributed by atoms with Crippen LogP contribution in [0.1, 0.15) is 0 Å². The summed E-state index contributed by atoms with van der Waals surface area (Å²) in [4.78, 5) is 10.0. The van der Waals surface area contributed by atoms with E-state index in [4.69, 9.17) is 4.98 Å². The van der Waals surface area contributed by atoms with E-state index in [1.54, 1.807) is 0 Å². The molecule has 0 fully saturated rings. The van der Waals surface area contributed by atoms with Crippen molar-refractivity contribution in [2.75, 3.05) is 4.90 Å². The number of aromatic nitrogens is 1. The van der Waals surface area contributed by atoms with E-state index in [-0.39, 0.29) is 0 Å². The van der Waals surface area contributed by atoms with Crippen molar-refractivity contribution in [2.45, 2.75) is 9.79 Å². The van der Waals surface area contributed by atoms with Crippen LogP contribution < -0.4 is 4.90 Å². The first kappa shape index (κ1) is 26.3. The van der Waals surface area contributed by atoms with Crippen molar-refractivity contribution in [1.82, 2.24) is 4.98 Å². The molecule has 0 N–H and O–H groups in total. The Balaban J connectivity index is 1.21. The summed E-state index contributed by atoms with van der Waals surface area (Å²) in [5.41, 5.74) is 12.4. The zero-order valence-electron chi connectivity index (χ0n) is 24.0. The summed E-state index contributed by atoms with van der Waals surface area (Å²) in [7, 11) is 0. The highest BCUT2D eigenvalue weighted by atomic mass is 32.2. The Kier molecular flexibility index (Phi) is 6.78. The summed E-state index contributed by atoms with van der Waals surface area (Å²) >= 11 is 1.84. The second kappa shape index (κ2) is 11.4. The van der Waals surface area contributed by atoms with Gasteiger partial charge in [0.15, 0.2) is 0 Å². The first-order valence-corrected chi connectivity index (χ1v) is 15.6. The summed E-state index contributed by atoms with van der Waals surface area (Å²) < 4.78 is 0. The Morgan fingerprint density at radius 3 is 1.70 bits per heavy atom. The van der Waals surface area contributed by atoms with Crippen molar-refractivity contribution in [3.05, 3.63) is 170 Å². The SMILES string of the molecule is c1ccc(-c2cc(-c3ccccc3)nc(-c3cccc(-c4ccc5c(c4)Sc4ccccc4N5c4ccccc4)c3)c2)cc1. The molecule has 0 saturated carbocycles. The number of benzene rings is 6. The Hall–Kier alpha value is -5.38. The average molecular weight is 581 g/mol. The molecule has 0 radical (unpaired) electrons. The molecule has 1 aliphatic rings. The van der Waals surface area contributed by atoms with Gasteiger partial charge in [-0.15, -0.1) is 0 Å². The molecule has 0 unspecified atom stereocenters. The average Bonchev–Trinajstić information content (AvgIpc) is 3.11. The smallest absolute Gasteiger partial charge is 0.0715 e. The predicted octanol–water partition coefficient (Wildman–Crippen LogP) is 11.7. The van der Waals surface area contributed by atoms with Gasteiger partial charge in [-0.25, -0.2) is 4.98 Å². The van der Waals surface area contributed by atoms with Crippen molar-refractivity contribution >= 4 is 28.8 Å². The number of pyridine rings is 1. The minimum atomic E-state index is 0.962. The third kappa shape index (κ3) is 4.98. The number of rotatable bonds is 5. The number of hydrogen-bond donors (Lipinski definition) is 0. The van der Waals surface area contributed by atoms with Gasteiger partial charge in [0.05, 0.1) is 22.8 Å². The lowest BCUT2D eigenvalue weighted by molar-refractivity contribution is 1.17. The second-order valence-corrected chi connectivity index (χ2v) is 11.9. The molecule has 2 nitrogen and oxygen atoms in total. The van der Waals surface area contributed by atoms with Gasteiger partial charge in [0.2, 0.25) is 0 Å². The largest absolute Gasteiger partial charge is 0.308 e. The van der Waals surface area contributed by atoms with Gasteiger partial charge in [0.25, 0.3) is 0 Å². The molecule has 1 aromatic heterocycles. The molecule has 6 aromatic carbocycles. The molecular formula is C41H28N2S. The Bertz CT molecular complexity index is 2030. The zero-order valence-corrected chi connectivity index (χ0v) is 24.8. The monoisotopic (exact) mass is 580 g/mol. The topological polar surface area (TPSA) is 16.1 Å². The number of anilines is 3. The number of para-hydroxylation sites is 2. The summed E-state index contributed by atoms with van der Waals surface area (Å²) in [6, 6.07) is 60.2. The minimum Gasteiger partial charge on any atom is -0.308 e. The second-order valence-electron chi connectivity index (χ2n) is 10.9. The van der Waals surface area contributed by atoms with Crippen LogP contribution in [0.5, 0.6) is 0 Å². The normalized spacial score (nSPS) is 12.0. The lowest BCUT2D eigenvalue weighted by Gasteiger charge is -2.33. The maximum absolute atomic E-state index is 5.16. The van der Waals surface area contributed by atoms with Crippen molar-refractivity contribution in [2.24, 2.45) is 0 Å². The highest BCUT2D eigenvalue weighted by Crippen LogP contribution is 2.52. The lowest BCUT2D eigenvalue weighted by atomic mass is 9.97. The van der Waals surface area contributed by atoms with Crippen LogP contribution in [0.3, 0.4) is 0 Å². The molecule has 0 bridgehead atoms.